The van der Waals surface area contributed by atoms with Crippen LogP contribution in [0.1, 0.15) is 30.1 Å². The molecule has 1 saturated heterocycles. The van der Waals surface area contributed by atoms with Gasteiger partial charge in [0.15, 0.2) is 0 Å². The summed E-state index contributed by atoms with van der Waals surface area (Å²) < 4.78 is 0. The number of piperidine rings is 1. The Kier molecular flexibility index (Phi) is 5.68. The molecule has 3 aromatic rings. The van der Waals surface area contributed by atoms with Crippen LogP contribution in [0.25, 0.3) is 11.3 Å². The fourth-order valence-corrected chi connectivity index (χ4v) is 3.89. The van der Waals surface area contributed by atoms with Crippen molar-refractivity contribution in [1.29, 1.82) is 0 Å². The van der Waals surface area contributed by atoms with Gasteiger partial charge < -0.3 is 4.90 Å². The maximum Gasteiger partial charge on any atom is 0.228 e. The third-order valence-electron chi connectivity index (χ3n) is 5.14. The molecule has 0 saturated carbocycles. The molecule has 0 bridgehead atoms. The highest BCUT2D eigenvalue weighted by molar-refractivity contribution is 6.30. The molecule has 4 rings (SSSR count). The van der Waals surface area contributed by atoms with Crippen molar-refractivity contribution in [2.75, 3.05) is 13.1 Å². The fourth-order valence-electron chi connectivity index (χ4n) is 3.70. The molecule has 1 aromatic carbocycles. The van der Waals surface area contributed by atoms with Crippen LogP contribution in [-0.4, -0.2) is 33.9 Å². The summed E-state index contributed by atoms with van der Waals surface area (Å²) in [5, 5.41) is 0.702. The molecule has 1 aliphatic rings. The van der Waals surface area contributed by atoms with E-state index in [-0.39, 0.29) is 11.8 Å². The van der Waals surface area contributed by atoms with E-state index in [0.29, 0.717) is 18.0 Å². The van der Waals surface area contributed by atoms with E-state index in [9.17, 15) is 4.79 Å². The Balaban J connectivity index is 1.49. The molecular formula is C23H22ClN3O. The average molecular weight is 392 g/mol. The molecular weight excluding hydrogens is 370 g/mol. The van der Waals surface area contributed by atoms with Crippen molar-refractivity contribution in [3.05, 3.63) is 83.3 Å². The molecule has 5 heteroatoms. The van der Waals surface area contributed by atoms with Gasteiger partial charge in [-0.25, -0.2) is 0 Å². The Bertz CT molecular complexity index is 961. The van der Waals surface area contributed by atoms with Crippen LogP contribution in [0.4, 0.5) is 0 Å². The van der Waals surface area contributed by atoms with Gasteiger partial charge in [-0.05, 0) is 49.2 Å². The first-order chi connectivity index (χ1) is 13.7. The second-order valence-electron chi connectivity index (χ2n) is 7.13. The van der Waals surface area contributed by atoms with Gasteiger partial charge in [0.05, 0.1) is 12.1 Å². The lowest BCUT2D eigenvalue weighted by Gasteiger charge is -2.32. The molecule has 1 aliphatic heterocycles. The van der Waals surface area contributed by atoms with Gasteiger partial charge in [-0.15, -0.1) is 0 Å². The van der Waals surface area contributed by atoms with Crippen molar-refractivity contribution in [3.8, 4) is 11.3 Å². The van der Waals surface area contributed by atoms with Crippen molar-refractivity contribution < 1.29 is 4.79 Å². The smallest absolute Gasteiger partial charge is 0.228 e. The molecule has 1 atom stereocenters. The molecule has 1 unspecified atom stereocenters. The largest absolute Gasteiger partial charge is 0.342 e. The number of carbonyl (C=O) groups is 1. The number of halogens is 1. The predicted octanol–water partition coefficient (Wildman–Crippen LogP) is 4.75. The van der Waals surface area contributed by atoms with Crippen LogP contribution < -0.4 is 0 Å². The summed E-state index contributed by atoms with van der Waals surface area (Å²) in [6, 6.07) is 19.5. The molecule has 0 N–H and O–H groups in total. The number of hydrogen-bond donors (Lipinski definition) is 0. The minimum absolute atomic E-state index is 0.134. The summed E-state index contributed by atoms with van der Waals surface area (Å²) in [7, 11) is 0. The minimum atomic E-state index is 0.134. The zero-order valence-corrected chi connectivity index (χ0v) is 16.3. The lowest BCUT2D eigenvalue weighted by Crippen LogP contribution is -2.40. The third kappa shape index (κ3) is 4.39. The van der Waals surface area contributed by atoms with E-state index in [4.69, 9.17) is 16.6 Å². The maximum absolute atomic E-state index is 12.7. The number of rotatable bonds is 4. The zero-order chi connectivity index (χ0) is 19.3. The highest BCUT2D eigenvalue weighted by Gasteiger charge is 2.26. The van der Waals surface area contributed by atoms with E-state index < -0.39 is 0 Å². The molecule has 0 aliphatic carbocycles. The average Bonchev–Trinajstić information content (AvgIpc) is 2.75. The van der Waals surface area contributed by atoms with Crippen molar-refractivity contribution in [1.82, 2.24) is 14.9 Å². The molecule has 142 valence electrons. The van der Waals surface area contributed by atoms with Gasteiger partial charge in [0, 0.05) is 47.2 Å². The van der Waals surface area contributed by atoms with E-state index in [1.165, 1.54) is 0 Å². The van der Waals surface area contributed by atoms with Gasteiger partial charge >= 0.3 is 0 Å². The molecule has 1 fully saturated rings. The number of aromatic nitrogens is 2. The number of amides is 1. The lowest BCUT2D eigenvalue weighted by molar-refractivity contribution is -0.131. The summed E-state index contributed by atoms with van der Waals surface area (Å²) in [5.74, 6) is 0.384. The highest BCUT2D eigenvalue weighted by Crippen LogP contribution is 2.28. The Morgan fingerprint density at radius 3 is 2.82 bits per heavy atom. The van der Waals surface area contributed by atoms with Gasteiger partial charge in [0.25, 0.3) is 0 Å². The van der Waals surface area contributed by atoms with Crippen molar-refractivity contribution in [2.45, 2.75) is 25.2 Å². The Morgan fingerprint density at radius 1 is 1.11 bits per heavy atom. The first kappa shape index (κ1) is 18.6. The molecule has 4 nitrogen and oxygen atoms in total. The van der Waals surface area contributed by atoms with E-state index in [0.717, 1.165) is 42.0 Å². The Morgan fingerprint density at radius 2 is 2.00 bits per heavy atom. The van der Waals surface area contributed by atoms with E-state index in [2.05, 4.69) is 11.1 Å². The van der Waals surface area contributed by atoms with Gasteiger partial charge in [-0.3, -0.25) is 14.8 Å². The van der Waals surface area contributed by atoms with E-state index in [1.807, 2.05) is 59.5 Å². The molecule has 0 radical (unpaired) electrons. The first-order valence-electron chi connectivity index (χ1n) is 9.59. The van der Waals surface area contributed by atoms with Gasteiger partial charge in [-0.1, -0.05) is 35.9 Å². The molecule has 2 aromatic heterocycles. The normalized spacial score (nSPS) is 16.8. The number of carbonyl (C=O) groups excluding carboxylic acids is 1. The number of nitrogens with zero attached hydrogens (tertiary/aromatic N) is 3. The van der Waals surface area contributed by atoms with Crippen molar-refractivity contribution in [3.63, 3.8) is 0 Å². The van der Waals surface area contributed by atoms with Crippen molar-refractivity contribution >= 4 is 17.5 Å². The minimum Gasteiger partial charge on any atom is -0.342 e. The van der Waals surface area contributed by atoms with Gasteiger partial charge in [-0.2, -0.15) is 0 Å². The summed E-state index contributed by atoms with van der Waals surface area (Å²) in [5.41, 5.74) is 3.77. The standard InChI is InChI=1S/C23H22ClN3O/c24-19-8-3-6-17(14-19)21-10-4-11-22(26-21)18-7-5-13-27(16-18)23(28)15-20-9-1-2-12-25-20/h1-4,6,8-12,14,18H,5,7,13,15-16H2. The Labute approximate surface area is 170 Å². The fraction of sp³-hybridized carbons (Fsp3) is 0.261. The van der Waals surface area contributed by atoms with Crippen LogP contribution in [0.15, 0.2) is 66.9 Å². The van der Waals surface area contributed by atoms with Crippen molar-refractivity contribution in [2.24, 2.45) is 0 Å². The van der Waals surface area contributed by atoms with Crippen LogP contribution in [0, 0.1) is 0 Å². The predicted molar refractivity (Wildman–Crippen MR) is 111 cm³/mol. The number of pyridine rings is 2. The van der Waals surface area contributed by atoms with Crippen LogP contribution >= 0.6 is 11.6 Å². The molecule has 0 spiro atoms. The lowest BCUT2D eigenvalue weighted by atomic mass is 9.93. The topological polar surface area (TPSA) is 46.1 Å². The number of likely N-dealkylation sites (tertiary alicyclic amines) is 1. The van der Waals surface area contributed by atoms with E-state index >= 15 is 0 Å². The van der Waals surface area contributed by atoms with Crippen LogP contribution in [0.3, 0.4) is 0 Å². The molecule has 1 amide bonds. The molecule has 28 heavy (non-hydrogen) atoms. The van der Waals surface area contributed by atoms with Crippen LogP contribution in [0.2, 0.25) is 5.02 Å². The summed E-state index contributed by atoms with van der Waals surface area (Å²) in [4.78, 5) is 23.8. The quantitative estimate of drug-likeness (QED) is 0.645. The van der Waals surface area contributed by atoms with Gasteiger partial charge in [0.1, 0.15) is 0 Å². The summed E-state index contributed by atoms with van der Waals surface area (Å²) >= 11 is 6.13. The van der Waals surface area contributed by atoms with E-state index in [1.54, 1.807) is 6.20 Å². The third-order valence-corrected chi connectivity index (χ3v) is 5.38. The second-order valence-corrected chi connectivity index (χ2v) is 7.57. The maximum atomic E-state index is 12.7. The summed E-state index contributed by atoms with van der Waals surface area (Å²) in [6.45, 7) is 1.51. The number of benzene rings is 1. The summed E-state index contributed by atoms with van der Waals surface area (Å²) in [6.07, 6.45) is 4.11. The second kappa shape index (κ2) is 8.53. The van der Waals surface area contributed by atoms with Crippen LogP contribution in [0.5, 0.6) is 0 Å². The SMILES string of the molecule is O=C(Cc1ccccn1)N1CCCC(c2cccc(-c3cccc(Cl)c3)n2)C1. The first-order valence-corrected chi connectivity index (χ1v) is 9.97. The monoisotopic (exact) mass is 391 g/mol. The molecule has 3 heterocycles. The van der Waals surface area contributed by atoms with Gasteiger partial charge in [0.2, 0.25) is 5.91 Å². The Hall–Kier alpha value is -2.72. The zero-order valence-electron chi connectivity index (χ0n) is 15.6. The highest BCUT2D eigenvalue weighted by atomic mass is 35.5. The number of hydrogen-bond acceptors (Lipinski definition) is 3. The van der Waals surface area contributed by atoms with Crippen LogP contribution in [-0.2, 0) is 11.2 Å².